The Hall–Kier alpha value is -11.7. The number of amides is 7. The molecule has 2 unspecified atom stereocenters. The summed E-state index contributed by atoms with van der Waals surface area (Å²) in [5.74, 6) is 1.96. The van der Waals surface area contributed by atoms with Crippen LogP contribution in [0.15, 0.2) is 150 Å². The van der Waals surface area contributed by atoms with Gasteiger partial charge in [-0.1, -0.05) is 59.5 Å². The second-order valence-corrected chi connectivity index (χ2v) is 30.2. The van der Waals surface area contributed by atoms with E-state index in [4.69, 9.17) is 53.6 Å². The van der Waals surface area contributed by atoms with E-state index in [9.17, 15) is 64.3 Å². The Balaban J connectivity index is 0.721. The van der Waals surface area contributed by atoms with Crippen LogP contribution in [-0.2, 0) is 72.6 Å². The average Bonchev–Trinajstić information content (AvgIpc) is 0.921. The first-order valence-electron chi connectivity index (χ1n) is 39.0. The molecule has 0 bridgehead atoms. The molecule has 1 saturated heterocycles. The molecule has 4 aliphatic rings. The van der Waals surface area contributed by atoms with Gasteiger partial charge in [-0.15, -0.1) is 0 Å². The van der Waals surface area contributed by atoms with Crippen molar-refractivity contribution in [1.29, 1.82) is 0 Å². The van der Waals surface area contributed by atoms with Gasteiger partial charge >= 0.3 is 5.69 Å². The average molecular weight is 1720 g/mol. The highest BCUT2D eigenvalue weighted by molar-refractivity contribution is 7.86. The van der Waals surface area contributed by atoms with Crippen molar-refractivity contribution in [2.45, 2.75) is 120 Å². The van der Waals surface area contributed by atoms with Gasteiger partial charge in [-0.05, 0) is 132 Å². The normalized spacial score (nSPS) is 16.1. The highest BCUT2D eigenvalue weighted by Gasteiger charge is 2.40. The Bertz CT molecular complexity index is 5240. The Morgan fingerprint density at radius 3 is 2.15 bits per heavy atom. The van der Waals surface area contributed by atoms with Crippen molar-refractivity contribution in [1.82, 2.24) is 46.4 Å². The van der Waals surface area contributed by atoms with Gasteiger partial charge < -0.3 is 90.2 Å². The van der Waals surface area contributed by atoms with Gasteiger partial charge in [0.1, 0.15) is 37.1 Å². The second-order valence-electron chi connectivity index (χ2n) is 27.5. The molecule has 3 heterocycles. The fourth-order valence-electron chi connectivity index (χ4n) is 12.3. The Labute approximate surface area is 698 Å². The number of hydrogen-bond donors (Lipinski definition) is 10. The molecule has 1 aromatic heterocycles. The standard InChI is InChI=1S/C81H101N15O23S2/c1-8-84-62-29-27-59-70(60-28-30-63(85-9-2)74(121(108,109)110)72(60)119-71(59)73(62)120(105,106)107)58-26-25-55(46-61(58)79(103)95(7)38-18-34-89-76(100)53-19-13-11-10-12-14-20-53)78(102)91-37-40-112-42-41-111-39-31-66(98)86-33-17-24-65(97)88-35-36-90-77(101)54-21-15-23-57(45-54)115-50-68(93-94-83)114-44-43-113-49-67(99)87-32-16-22-56-48-96(81(104)92-75(56)82)69-47-64(116-51(3)4)80(118-69)117-52(5)6/h10-15,19-21,23,25-30,45-46,48,51-52,64,68-69,80,84H,8-9,17-18,24,31-44,47,49-50H2,1-7H3,(H,86,98)(H,87,99)(H,88,97)(H,89,100)(H,90,101)(H,91,102)(H2,82,92,104)(H,105,106,107)(H,108,109,110)/b11-10-,12-10?,13-11?,14-12-,19-13-,20-14?,53-19?,53-20+,85-63?/t64?,68?,69-,80+/m1/s1. The molecular weight excluding hydrogens is 1620 g/mol. The lowest BCUT2D eigenvalue weighted by atomic mass is 9.89. The third-order valence-corrected chi connectivity index (χ3v) is 19.6. The molecular formula is C81H101N15O23S2. The van der Waals surface area contributed by atoms with Crippen LogP contribution in [0, 0.1) is 11.8 Å². The number of anilines is 2. The number of carbonyl (C=O) groups excluding carboxylic acids is 7. The minimum Gasteiger partial charge on any atom is -0.491 e. The van der Waals surface area contributed by atoms with Gasteiger partial charge in [-0.2, -0.15) is 21.8 Å². The lowest BCUT2D eigenvalue weighted by molar-refractivity contribution is -0.206. The number of hydrogen-bond acceptors (Lipinski definition) is 26. The van der Waals surface area contributed by atoms with Gasteiger partial charge in [-0.25, -0.2) is 4.79 Å². The molecule has 121 heavy (non-hydrogen) atoms. The zero-order valence-electron chi connectivity index (χ0n) is 68.0. The van der Waals surface area contributed by atoms with Crippen LogP contribution in [0.5, 0.6) is 5.75 Å². The van der Waals surface area contributed by atoms with E-state index in [2.05, 4.69) is 69.1 Å². The summed E-state index contributed by atoms with van der Waals surface area (Å²) >= 11 is 0. The zero-order chi connectivity index (χ0) is 87.6. The quantitative estimate of drug-likeness (QED) is 0.00419. The van der Waals surface area contributed by atoms with Crippen LogP contribution in [0.2, 0.25) is 0 Å². The third-order valence-electron chi connectivity index (χ3n) is 17.7. The number of carbonyl (C=O) groups is 7. The fourth-order valence-corrected chi connectivity index (χ4v) is 13.9. The number of nitrogen functional groups attached to an aromatic ring is 1. The van der Waals surface area contributed by atoms with Crippen molar-refractivity contribution < 1.29 is 102 Å². The number of aromatic nitrogens is 2. The predicted molar refractivity (Wildman–Crippen MR) is 444 cm³/mol. The van der Waals surface area contributed by atoms with Crippen molar-refractivity contribution in [2.24, 2.45) is 10.1 Å². The van der Waals surface area contributed by atoms with Crippen LogP contribution < -0.4 is 58.7 Å². The van der Waals surface area contributed by atoms with Crippen LogP contribution in [0.1, 0.15) is 117 Å². The first-order valence-corrected chi connectivity index (χ1v) is 41.9. The molecule has 7 amide bonds. The number of nitrogens with zero attached hydrogens (tertiary/aromatic N) is 7. The van der Waals surface area contributed by atoms with Gasteiger partial charge in [0.15, 0.2) is 33.7 Å². The first-order chi connectivity index (χ1) is 58.0. The van der Waals surface area contributed by atoms with E-state index >= 15 is 0 Å². The van der Waals surface area contributed by atoms with Crippen LogP contribution in [0.25, 0.3) is 43.9 Å². The Kier molecular flexibility index (Phi) is 37.1. The topological polar surface area (TPSA) is 525 Å². The molecule has 2 aliphatic carbocycles. The van der Waals surface area contributed by atoms with E-state index in [1.165, 1.54) is 71.2 Å². The number of nitrogens with one attached hydrogen (secondary N) is 7. The van der Waals surface area contributed by atoms with E-state index in [-0.39, 0.29) is 228 Å². The number of nitrogens with two attached hydrogens (primary N) is 1. The SMILES string of the molecule is CCN=c1ccc2c(-c3ccc(C(=O)NCCOCCOCCC(=O)NCCCC(=O)NCCNC(=O)c4cccc(OCC(N=[N+]=[N-])OCCOCC(=O)NCC#Cc5cn([C@H]6CC(OC(C)C)[C@@H](OC(C)C)O6)c(=O)nc5N)c4)cc3C(=O)N(C)CCCNC(=O)C3=C/C=C\C=C/C=C\3)c3ccc(NCC)c(S(=O)(=O)O)c3oc-2c1S(=O)(=O)O. The van der Waals surface area contributed by atoms with Gasteiger partial charge in [0.2, 0.25) is 17.7 Å². The van der Waals surface area contributed by atoms with Crippen molar-refractivity contribution in [3.05, 3.63) is 170 Å². The summed E-state index contributed by atoms with van der Waals surface area (Å²) in [4.78, 5) is 116. The highest BCUT2D eigenvalue weighted by atomic mass is 32.2. The predicted octanol–water partition coefficient (Wildman–Crippen LogP) is 5.65. The van der Waals surface area contributed by atoms with Crippen molar-refractivity contribution >= 4 is 84.1 Å². The second kappa shape index (κ2) is 47.3. The number of rotatable bonds is 46. The minimum atomic E-state index is -5.21. The highest BCUT2D eigenvalue weighted by Crippen LogP contribution is 2.47. The first kappa shape index (κ1) is 94.8. The molecule has 2 aliphatic heterocycles. The van der Waals surface area contributed by atoms with E-state index < -0.39 is 95.5 Å². The molecule has 650 valence electrons. The lowest BCUT2D eigenvalue weighted by Crippen LogP contribution is -2.35. The van der Waals surface area contributed by atoms with Crippen LogP contribution in [0.3, 0.4) is 0 Å². The molecule has 4 aromatic rings. The van der Waals surface area contributed by atoms with Gasteiger partial charge in [0.25, 0.3) is 43.9 Å². The maximum Gasteiger partial charge on any atom is 0.351 e. The molecule has 38 nitrogen and oxygen atoms in total. The maximum atomic E-state index is 15.0. The largest absolute Gasteiger partial charge is 0.491 e. The molecule has 1 fully saturated rings. The minimum absolute atomic E-state index is 0.0101. The Morgan fingerprint density at radius 1 is 0.736 bits per heavy atom. The van der Waals surface area contributed by atoms with Gasteiger partial charge in [0.05, 0.1) is 75.0 Å². The third kappa shape index (κ3) is 29.0. The number of allylic oxidation sites excluding steroid dienone is 6. The van der Waals surface area contributed by atoms with E-state index in [1.807, 2.05) is 33.8 Å². The summed E-state index contributed by atoms with van der Waals surface area (Å²) in [6, 6.07) is 15.8. The van der Waals surface area contributed by atoms with Crippen molar-refractivity contribution in [2.75, 3.05) is 130 Å². The lowest BCUT2D eigenvalue weighted by Gasteiger charge is -2.23. The monoisotopic (exact) mass is 1720 g/mol. The van der Waals surface area contributed by atoms with Crippen molar-refractivity contribution in [3.8, 4) is 40.0 Å². The van der Waals surface area contributed by atoms with Crippen LogP contribution >= 0.6 is 0 Å². The van der Waals surface area contributed by atoms with Gasteiger partial charge in [-0.3, -0.25) is 52.2 Å². The maximum absolute atomic E-state index is 15.0. The molecule has 0 spiro atoms. The van der Waals surface area contributed by atoms with Gasteiger partial charge in [0, 0.05) is 129 Å². The molecule has 40 heteroatoms. The number of fused-ring (bicyclic) bond motifs is 2. The molecule has 11 N–H and O–H groups in total. The Morgan fingerprint density at radius 2 is 1.41 bits per heavy atom. The van der Waals surface area contributed by atoms with E-state index in [0.717, 1.165) is 0 Å². The summed E-state index contributed by atoms with van der Waals surface area (Å²) < 4.78 is 128. The fraction of sp³-hybridized carbons (Fsp3) is 0.432. The summed E-state index contributed by atoms with van der Waals surface area (Å²) in [5, 5.41) is 22.5. The van der Waals surface area contributed by atoms with E-state index in [0.29, 0.717) is 18.4 Å². The number of ether oxygens (including phenoxy) is 8. The number of azide groups is 1. The summed E-state index contributed by atoms with van der Waals surface area (Å²) in [7, 11) is -8.90. The molecule has 3 aromatic carbocycles. The number of benzene rings is 4. The summed E-state index contributed by atoms with van der Waals surface area (Å²) in [6.07, 6.45) is 11.3. The molecule has 8 rings (SSSR count). The van der Waals surface area contributed by atoms with Crippen molar-refractivity contribution in [3.63, 3.8) is 0 Å². The van der Waals surface area contributed by atoms with Crippen LogP contribution in [0.4, 0.5) is 11.5 Å². The van der Waals surface area contributed by atoms with Crippen LogP contribution in [-0.4, -0.2) is 231 Å². The summed E-state index contributed by atoms with van der Waals surface area (Å²) in [6.45, 7) is 11.0. The molecule has 4 atom stereocenters. The smallest absolute Gasteiger partial charge is 0.351 e. The molecule has 0 saturated carbocycles. The summed E-state index contributed by atoms with van der Waals surface area (Å²) in [5.41, 5.74) is 14.6. The van der Waals surface area contributed by atoms with E-state index in [1.54, 1.807) is 68.5 Å². The molecule has 0 radical (unpaired) electrons. The zero-order valence-corrected chi connectivity index (χ0v) is 69.6.